The quantitative estimate of drug-likeness (QED) is 0.756. The van der Waals surface area contributed by atoms with Crippen LogP contribution >= 0.6 is 0 Å². The van der Waals surface area contributed by atoms with Crippen molar-refractivity contribution in [2.24, 2.45) is 11.8 Å². The maximum Gasteiger partial charge on any atom is 0.317 e. The summed E-state index contributed by atoms with van der Waals surface area (Å²) in [5.74, 6) is 1.40. The van der Waals surface area contributed by atoms with Crippen LogP contribution in [0.5, 0.6) is 0 Å². The average Bonchev–Trinajstić information content (AvgIpc) is 2.54. The second-order valence-corrected chi connectivity index (χ2v) is 7.54. The highest BCUT2D eigenvalue weighted by Crippen LogP contribution is 2.44. The third-order valence-electron chi connectivity index (χ3n) is 6.25. The van der Waals surface area contributed by atoms with E-state index in [9.17, 15) is 4.79 Å². The van der Waals surface area contributed by atoms with Crippen molar-refractivity contribution in [2.75, 3.05) is 26.2 Å². The van der Waals surface area contributed by atoms with E-state index in [1.807, 2.05) is 6.92 Å². The number of rotatable bonds is 1. The van der Waals surface area contributed by atoms with Gasteiger partial charge in [-0.15, -0.1) is 0 Å². The number of fused-ring (bicyclic) bond motifs is 6. The summed E-state index contributed by atoms with van der Waals surface area (Å²) in [4.78, 5) is 17.3. The Morgan fingerprint density at radius 2 is 2.23 bits per heavy atom. The number of carbonyl (C=O) groups is 1. The van der Waals surface area contributed by atoms with Crippen molar-refractivity contribution in [3.63, 3.8) is 0 Å². The van der Waals surface area contributed by atoms with E-state index in [1.54, 1.807) is 5.57 Å². The van der Waals surface area contributed by atoms with Crippen LogP contribution in [0.1, 0.15) is 45.4 Å². The molecule has 122 valence electrons. The lowest BCUT2D eigenvalue weighted by molar-refractivity contribution is 0.00795. The van der Waals surface area contributed by atoms with E-state index in [-0.39, 0.29) is 6.03 Å². The van der Waals surface area contributed by atoms with E-state index >= 15 is 0 Å². The molecule has 2 bridgehead atoms. The third-order valence-corrected chi connectivity index (χ3v) is 6.25. The van der Waals surface area contributed by atoms with Crippen LogP contribution in [-0.4, -0.2) is 54.1 Å². The molecular formula is C18H29N3O. The summed E-state index contributed by atoms with van der Waals surface area (Å²) in [5, 5.41) is 3.02. The molecule has 3 heterocycles. The predicted molar refractivity (Wildman–Crippen MR) is 87.7 cm³/mol. The second-order valence-electron chi connectivity index (χ2n) is 7.54. The van der Waals surface area contributed by atoms with Gasteiger partial charge in [0.2, 0.25) is 0 Å². The summed E-state index contributed by atoms with van der Waals surface area (Å²) in [7, 11) is 0. The highest BCUT2D eigenvalue weighted by atomic mass is 16.2. The van der Waals surface area contributed by atoms with Crippen molar-refractivity contribution in [3.05, 3.63) is 11.6 Å². The number of piperidine rings is 3. The van der Waals surface area contributed by atoms with Crippen LogP contribution in [0.25, 0.3) is 0 Å². The summed E-state index contributed by atoms with van der Waals surface area (Å²) in [6, 6.07) is 1.31. The standard InChI is InChI=1S/C18H29N3O/c1-2-19-18(22)21-9-5-6-13-10-14-11-15(17(13)21)12-20-8-4-3-7-16(14)20/h10,14-17H,2-9,11-12H2,1H3,(H,19,22)/t14-,15-,16-,17-/m1/s1. The Kier molecular flexibility index (Phi) is 3.89. The van der Waals surface area contributed by atoms with Crippen LogP contribution in [0, 0.1) is 11.8 Å². The number of carbonyl (C=O) groups excluding carboxylic acids is 1. The van der Waals surface area contributed by atoms with Crippen molar-refractivity contribution in [3.8, 4) is 0 Å². The molecule has 22 heavy (non-hydrogen) atoms. The molecule has 0 aromatic rings. The Morgan fingerprint density at radius 3 is 3.09 bits per heavy atom. The fourth-order valence-corrected chi connectivity index (χ4v) is 5.45. The molecule has 0 unspecified atom stereocenters. The molecule has 4 heteroatoms. The smallest absolute Gasteiger partial charge is 0.317 e. The molecule has 3 saturated heterocycles. The highest BCUT2D eigenvalue weighted by Gasteiger charge is 2.46. The molecule has 3 fully saturated rings. The lowest BCUT2D eigenvalue weighted by Crippen LogP contribution is -2.61. The molecule has 4 nitrogen and oxygen atoms in total. The van der Waals surface area contributed by atoms with E-state index in [2.05, 4.69) is 21.2 Å². The lowest BCUT2D eigenvalue weighted by atomic mass is 9.68. The van der Waals surface area contributed by atoms with Crippen LogP contribution < -0.4 is 5.32 Å². The van der Waals surface area contributed by atoms with E-state index in [0.29, 0.717) is 12.0 Å². The van der Waals surface area contributed by atoms with Gasteiger partial charge in [0.1, 0.15) is 0 Å². The maximum absolute atomic E-state index is 12.5. The third kappa shape index (κ3) is 2.36. The van der Waals surface area contributed by atoms with Gasteiger partial charge in [0.25, 0.3) is 0 Å². The number of amides is 2. The van der Waals surface area contributed by atoms with E-state index < -0.39 is 0 Å². The van der Waals surface area contributed by atoms with Crippen molar-refractivity contribution >= 4 is 6.03 Å². The first-order valence-corrected chi connectivity index (χ1v) is 9.27. The van der Waals surface area contributed by atoms with Crippen LogP contribution in [-0.2, 0) is 0 Å². The van der Waals surface area contributed by atoms with Crippen LogP contribution in [0.4, 0.5) is 4.79 Å². The van der Waals surface area contributed by atoms with Gasteiger partial charge >= 0.3 is 6.03 Å². The minimum absolute atomic E-state index is 0.150. The normalized spacial score (nSPS) is 37.9. The summed E-state index contributed by atoms with van der Waals surface area (Å²) in [6.45, 7) is 6.14. The molecule has 4 rings (SSSR count). The van der Waals surface area contributed by atoms with Gasteiger partial charge in [-0.3, -0.25) is 4.90 Å². The number of hydrogen-bond donors (Lipinski definition) is 1. The zero-order chi connectivity index (χ0) is 15.1. The van der Waals surface area contributed by atoms with E-state index in [1.165, 1.54) is 45.2 Å². The van der Waals surface area contributed by atoms with Crippen molar-refractivity contribution < 1.29 is 4.79 Å². The monoisotopic (exact) mass is 303 g/mol. The molecule has 0 aromatic heterocycles. The first kappa shape index (κ1) is 14.6. The minimum Gasteiger partial charge on any atom is -0.338 e. The van der Waals surface area contributed by atoms with Gasteiger partial charge in [-0.25, -0.2) is 4.79 Å². The number of nitrogens with zero attached hydrogens (tertiary/aromatic N) is 2. The number of urea groups is 1. The topological polar surface area (TPSA) is 35.6 Å². The molecule has 0 spiro atoms. The fourth-order valence-electron chi connectivity index (χ4n) is 5.45. The van der Waals surface area contributed by atoms with Crippen molar-refractivity contribution in [1.29, 1.82) is 0 Å². The van der Waals surface area contributed by atoms with Crippen LogP contribution in [0.3, 0.4) is 0 Å². The summed E-state index contributed by atoms with van der Waals surface area (Å²) >= 11 is 0. The zero-order valence-corrected chi connectivity index (χ0v) is 13.8. The Balaban J connectivity index is 1.61. The van der Waals surface area contributed by atoms with Crippen LogP contribution in [0.2, 0.25) is 0 Å². The van der Waals surface area contributed by atoms with Gasteiger partial charge in [0.05, 0.1) is 6.04 Å². The predicted octanol–water partition coefficient (Wildman–Crippen LogP) is 2.61. The summed E-state index contributed by atoms with van der Waals surface area (Å²) < 4.78 is 0. The first-order chi connectivity index (χ1) is 10.8. The highest BCUT2D eigenvalue weighted by molar-refractivity contribution is 5.75. The molecular weight excluding hydrogens is 274 g/mol. The zero-order valence-electron chi connectivity index (χ0n) is 13.8. The molecule has 0 saturated carbocycles. The molecule has 3 aliphatic heterocycles. The molecule has 4 aliphatic rings. The Hall–Kier alpha value is -1.03. The van der Waals surface area contributed by atoms with Crippen molar-refractivity contribution in [1.82, 2.24) is 15.1 Å². The lowest BCUT2D eigenvalue weighted by Gasteiger charge is -2.54. The number of nitrogens with one attached hydrogen (secondary N) is 1. The first-order valence-electron chi connectivity index (χ1n) is 9.27. The van der Waals surface area contributed by atoms with Crippen LogP contribution in [0.15, 0.2) is 11.6 Å². The SMILES string of the molecule is CCNC(=O)N1CCCC2=C[C@@H]3C[C@H](CN4CCCC[C@H]34)[C@@H]21. The van der Waals surface area contributed by atoms with Gasteiger partial charge in [-0.1, -0.05) is 18.1 Å². The Morgan fingerprint density at radius 1 is 1.32 bits per heavy atom. The Bertz CT molecular complexity index is 475. The Labute approximate surface area is 133 Å². The molecule has 1 N–H and O–H groups in total. The average molecular weight is 303 g/mol. The molecule has 0 radical (unpaired) electrons. The minimum atomic E-state index is 0.150. The number of likely N-dealkylation sites (tertiary alicyclic amines) is 1. The molecule has 4 atom stereocenters. The van der Waals surface area contributed by atoms with E-state index in [4.69, 9.17) is 0 Å². The molecule has 0 aromatic carbocycles. The summed E-state index contributed by atoms with van der Waals surface area (Å²) in [5.41, 5.74) is 1.57. The van der Waals surface area contributed by atoms with Crippen molar-refractivity contribution in [2.45, 2.75) is 57.5 Å². The number of hydrogen-bond acceptors (Lipinski definition) is 2. The van der Waals surface area contributed by atoms with E-state index in [0.717, 1.165) is 31.5 Å². The largest absolute Gasteiger partial charge is 0.338 e. The summed E-state index contributed by atoms with van der Waals surface area (Å²) in [6.07, 6.45) is 10.4. The molecule has 1 aliphatic carbocycles. The maximum atomic E-state index is 12.5. The fraction of sp³-hybridized carbons (Fsp3) is 0.833. The van der Waals surface area contributed by atoms with Gasteiger partial charge in [0.15, 0.2) is 0 Å². The van der Waals surface area contributed by atoms with Gasteiger partial charge in [-0.05, 0) is 57.4 Å². The second kappa shape index (κ2) is 5.88. The molecule has 2 amide bonds. The van der Waals surface area contributed by atoms with Gasteiger partial charge < -0.3 is 10.2 Å². The van der Waals surface area contributed by atoms with Gasteiger partial charge in [0, 0.05) is 25.7 Å². The van der Waals surface area contributed by atoms with Gasteiger partial charge in [-0.2, -0.15) is 0 Å².